The van der Waals surface area contributed by atoms with Gasteiger partial charge in [-0.3, -0.25) is 0 Å². The molecule has 13 heavy (non-hydrogen) atoms. The van der Waals surface area contributed by atoms with Crippen LogP contribution >= 0.6 is 9.03 Å². The van der Waals surface area contributed by atoms with Crippen molar-refractivity contribution in [3.05, 3.63) is 36.4 Å². The van der Waals surface area contributed by atoms with E-state index >= 15 is 0 Å². The zero-order valence-corrected chi connectivity index (χ0v) is 7.62. The highest BCUT2D eigenvalue weighted by atomic mass is 31.1. The van der Waals surface area contributed by atoms with Crippen molar-refractivity contribution in [2.75, 3.05) is 0 Å². The van der Waals surface area contributed by atoms with Crippen LogP contribution in [0, 0.1) is 0 Å². The normalized spacial score (nSPS) is 13.5. The summed E-state index contributed by atoms with van der Waals surface area (Å²) in [6.45, 7) is 0. The van der Waals surface area contributed by atoms with Crippen LogP contribution in [0.2, 0.25) is 0 Å². The maximum Gasteiger partial charge on any atom is 0.405 e. The van der Waals surface area contributed by atoms with E-state index in [-0.39, 0.29) is 0 Å². The molecule has 0 saturated heterocycles. The van der Waals surface area contributed by atoms with E-state index in [0.717, 1.165) is 22.3 Å². The lowest BCUT2D eigenvalue weighted by Gasteiger charge is -2.15. The van der Waals surface area contributed by atoms with E-state index in [0.29, 0.717) is 9.03 Å². The lowest BCUT2D eigenvalue weighted by atomic mass is 10.1. The molecule has 0 aliphatic carbocycles. The summed E-state index contributed by atoms with van der Waals surface area (Å²) in [6, 6.07) is 12.0. The molecule has 2 aromatic carbocycles. The quantitative estimate of drug-likeness (QED) is 0.591. The van der Waals surface area contributed by atoms with Crippen molar-refractivity contribution in [1.29, 1.82) is 0 Å². The van der Waals surface area contributed by atoms with Gasteiger partial charge >= 0.3 is 9.03 Å². The fourth-order valence-electron chi connectivity index (χ4n) is 1.52. The molecule has 63 valence electrons. The number of rotatable bonds is 0. The van der Waals surface area contributed by atoms with Crippen LogP contribution in [0.3, 0.4) is 0 Å². The Hall–Kier alpha value is -1.27. The van der Waals surface area contributed by atoms with E-state index in [1.165, 1.54) is 0 Å². The van der Waals surface area contributed by atoms with E-state index in [1.54, 1.807) is 0 Å². The van der Waals surface area contributed by atoms with Crippen LogP contribution in [0.1, 0.15) is 0 Å². The van der Waals surface area contributed by atoms with Crippen molar-refractivity contribution in [2.45, 2.75) is 0 Å². The van der Waals surface area contributed by atoms with Gasteiger partial charge in [0.1, 0.15) is 11.5 Å². The van der Waals surface area contributed by atoms with Crippen molar-refractivity contribution in [2.24, 2.45) is 0 Å². The van der Waals surface area contributed by atoms with Crippen molar-refractivity contribution in [1.82, 2.24) is 0 Å². The smallest absolute Gasteiger partial charge is 0.405 e. The van der Waals surface area contributed by atoms with Crippen LogP contribution in [0.5, 0.6) is 11.5 Å². The monoisotopic (exact) mass is 189 g/mol. The van der Waals surface area contributed by atoms with Gasteiger partial charge in [0, 0.05) is 0 Å². The summed E-state index contributed by atoms with van der Waals surface area (Å²) >= 11 is 0. The predicted molar refractivity (Wildman–Crippen MR) is 52.1 cm³/mol. The minimum Gasteiger partial charge on any atom is -0.430 e. The van der Waals surface area contributed by atoms with Crippen LogP contribution in [0.25, 0.3) is 10.8 Å². The Morgan fingerprint density at radius 1 is 0.846 bits per heavy atom. The first-order valence-electron chi connectivity index (χ1n) is 4.01. The lowest BCUT2D eigenvalue weighted by molar-refractivity contribution is 0.504. The third kappa shape index (κ3) is 0.991. The van der Waals surface area contributed by atoms with Gasteiger partial charge in [0.2, 0.25) is 0 Å². The molecule has 1 aliphatic heterocycles. The first-order chi connectivity index (χ1) is 6.45. The lowest BCUT2D eigenvalue weighted by Crippen LogP contribution is -1.93. The Bertz CT molecular complexity index is 429. The molecule has 0 N–H and O–H groups in total. The predicted octanol–water partition coefficient (Wildman–Crippen LogP) is 3.39. The molecule has 0 amide bonds. The number of hydrogen-bond donors (Lipinski definition) is 0. The Balaban J connectivity index is 2.49. The standard InChI is InChI=1S/C10H6O2P/c1-3-7-4-2-6-9-10(7)8(5-1)11-13-12-9/h1-6H. The molecular formula is C10H6O2P. The van der Waals surface area contributed by atoms with Gasteiger partial charge < -0.3 is 9.05 Å². The highest BCUT2D eigenvalue weighted by molar-refractivity contribution is 7.27. The number of benzene rings is 2. The van der Waals surface area contributed by atoms with Gasteiger partial charge in [0.25, 0.3) is 0 Å². The summed E-state index contributed by atoms with van der Waals surface area (Å²) in [7, 11) is 0.547. The maximum absolute atomic E-state index is 5.35. The van der Waals surface area contributed by atoms with E-state index in [9.17, 15) is 0 Å². The van der Waals surface area contributed by atoms with E-state index in [1.807, 2.05) is 24.3 Å². The highest BCUT2D eigenvalue weighted by Crippen LogP contribution is 2.42. The molecule has 0 bridgehead atoms. The van der Waals surface area contributed by atoms with E-state index < -0.39 is 0 Å². The van der Waals surface area contributed by atoms with Crippen LogP contribution in [-0.2, 0) is 0 Å². The molecule has 0 unspecified atom stereocenters. The molecule has 0 fully saturated rings. The third-order valence-corrected chi connectivity index (χ3v) is 2.64. The van der Waals surface area contributed by atoms with Gasteiger partial charge in [-0.25, -0.2) is 0 Å². The molecule has 1 radical (unpaired) electrons. The van der Waals surface area contributed by atoms with Crippen LogP contribution in [0.15, 0.2) is 36.4 Å². The van der Waals surface area contributed by atoms with Crippen molar-refractivity contribution in [3.8, 4) is 11.5 Å². The van der Waals surface area contributed by atoms with Gasteiger partial charge in [0.15, 0.2) is 0 Å². The first kappa shape index (κ1) is 7.16. The van der Waals surface area contributed by atoms with E-state index in [4.69, 9.17) is 9.05 Å². The van der Waals surface area contributed by atoms with Gasteiger partial charge in [0.05, 0.1) is 5.39 Å². The van der Waals surface area contributed by atoms with Gasteiger partial charge in [-0.05, 0) is 17.5 Å². The molecule has 1 heterocycles. The molecule has 0 aromatic heterocycles. The van der Waals surface area contributed by atoms with Crippen LogP contribution < -0.4 is 9.05 Å². The zero-order valence-electron chi connectivity index (χ0n) is 6.73. The summed E-state index contributed by atoms with van der Waals surface area (Å²) in [5, 5.41) is 2.23. The third-order valence-electron chi connectivity index (χ3n) is 2.10. The molecule has 2 nitrogen and oxygen atoms in total. The molecular weight excluding hydrogens is 183 g/mol. The topological polar surface area (TPSA) is 18.5 Å². The van der Waals surface area contributed by atoms with Crippen LogP contribution in [-0.4, -0.2) is 0 Å². The highest BCUT2D eigenvalue weighted by Gasteiger charge is 2.14. The molecule has 0 atom stereocenters. The van der Waals surface area contributed by atoms with Crippen LogP contribution in [0.4, 0.5) is 0 Å². The summed E-state index contributed by atoms with van der Waals surface area (Å²) in [4.78, 5) is 0. The fraction of sp³-hybridized carbons (Fsp3) is 0. The molecule has 1 aliphatic rings. The van der Waals surface area contributed by atoms with Gasteiger partial charge in [-0.2, -0.15) is 0 Å². The Morgan fingerprint density at radius 2 is 1.46 bits per heavy atom. The summed E-state index contributed by atoms with van der Waals surface area (Å²) in [5.41, 5.74) is 0. The molecule has 3 heteroatoms. The number of hydrogen-bond acceptors (Lipinski definition) is 2. The summed E-state index contributed by atoms with van der Waals surface area (Å²) in [6.07, 6.45) is 0. The average molecular weight is 189 g/mol. The van der Waals surface area contributed by atoms with Crippen molar-refractivity contribution >= 4 is 19.8 Å². The zero-order chi connectivity index (χ0) is 8.67. The minimum atomic E-state index is 0.547. The van der Waals surface area contributed by atoms with Gasteiger partial charge in [-0.15, -0.1) is 0 Å². The second-order valence-electron chi connectivity index (χ2n) is 2.87. The first-order valence-corrected chi connectivity index (χ1v) is 4.74. The second kappa shape index (κ2) is 2.61. The molecule has 3 rings (SSSR count). The molecule has 2 aromatic rings. The Kier molecular flexibility index (Phi) is 1.44. The Morgan fingerprint density at radius 3 is 2.08 bits per heavy atom. The second-order valence-corrected chi connectivity index (χ2v) is 3.38. The molecule has 0 spiro atoms. The summed E-state index contributed by atoms with van der Waals surface area (Å²) in [5.74, 6) is 1.81. The Labute approximate surface area is 77.4 Å². The van der Waals surface area contributed by atoms with Gasteiger partial charge in [-0.1, -0.05) is 24.3 Å². The molecule has 0 saturated carbocycles. The maximum atomic E-state index is 5.35. The minimum absolute atomic E-state index is 0.547. The summed E-state index contributed by atoms with van der Waals surface area (Å²) < 4.78 is 10.7. The van der Waals surface area contributed by atoms with Crippen molar-refractivity contribution in [3.63, 3.8) is 0 Å². The fourth-order valence-corrected chi connectivity index (χ4v) is 2.03. The van der Waals surface area contributed by atoms with Crippen molar-refractivity contribution < 1.29 is 9.05 Å². The largest absolute Gasteiger partial charge is 0.430 e. The van der Waals surface area contributed by atoms with E-state index in [2.05, 4.69) is 12.1 Å². The average Bonchev–Trinajstić information content (AvgIpc) is 2.19. The SMILES string of the molecule is c1cc2c3c(cccc3c1)O[P]O2.